The lowest BCUT2D eigenvalue weighted by atomic mass is 9.94. The van der Waals surface area contributed by atoms with Crippen LogP contribution in [0.3, 0.4) is 0 Å². The molecule has 3 aliphatic rings. The summed E-state index contributed by atoms with van der Waals surface area (Å²) >= 11 is 0. The minimum atomic E-state index is -0.833. The Bertz CT molecular complexity index is 1080. The van der Waals surface area contributed by atoms with Gasteiger partial charge < -0.3 is 20.1 Å². The van der Waals surface area contributed by atoms with Crippen molar-refractivity contribution >= 4 is 18.0 Å². The van der Waals surface area contributed by atoms with Crippen LogP contribution in [-0.2, 0) is 14.3 Å². The maximum Gasteiger partial charge on any atom is 0.407 e. The maximum absolute atomic E-state index is 12.6. The van der Waals surface area contributed by atoms with Crippen LogP contribution < -0.4 is 5.32 Å². The molecule has 2 N–H and O–H groups in total. The Morgan fingerprint density at radius 1 is 0.970 bits per heavy atom. The van der Waals surface area contributed by atoms with Crippen molar-refractivity contribution in [3.8, 4) is 11.1 Å². The summed E-state index contributed by atoms with van der Waals surface area (Å²) in [6, 6.07) is 16.1. The van der Waals surface area contributed by atoms with Crippen molar-refractivity contribution in [2.24, 2.45) is 11.8 Å². The van der Waals surface area contributed by atoms with E-state index in [1.165, 1.54) is 11.1 Å². The molecule has 0 saturated carbocycles. The molecule has 170 valence electrons. The fourth-order valence-corrected chi connectivity index (χ4v) is 5.14. The van der Waals surface area contributed by atoms with Gasteiger partial charge in [-0.25, -0.2) is 4.79 Å². The quantitative estimate of drug-likeness (QED) is 0.663. The zero-order valence-corrected chi connectivity index (χ0v) is 18.1. The van der Waals surface area contributed by atoms with Gasteiger partial charge in [-0.1, -0.05) is 60.7 Å². The van der Waals surface area contributed by atoms with Gasteiger partial charge in [0, 0.05) is 24.9 Å². The van der Waals surface area contributed by atoms with Crippen molar-refractivity contribution in [1.29, 1.82) is 0 Å². The van der Waals surface area contributed by atoms with Gasteiger partial charge in [0.25, 0.3) is 0 Å². The molecule has 2 aliphatic carbocycles. The Kier molecular flexibility index (Phi) is 5.62. The van der Waals surface area contributed by atoms with E-state index in [1.54, 1.807) is 4.90 Å². The number of alkyl carbamates (subject to hydrolysis) is 1. The molecule has 0 aromatic heterocycles. The molecule has 2 atom stereocenters. The summed E-state index contributed by atoms with van der Waals surface area (Å²) < 4.78 is 5.59. The van der Waals surface area contributed by atoms with Crippen LogP contribution in [-0.4, -0.2) is 53.7 Å². The molecule has 2 unspecified atom stereocenters. The summed E-state index contributed by atoms with van der Waals surface area (Å²) in [5.74, 6) is -1.10. The number of carbonyl (C=O) groups excluding carboxylic acids is 2. The number of ether oxygens (including phenoxy) is 1. The molecule has 2 aromatic carbocycles. The van der Waals surface area contributed by atoms with Crippen LogP contribution in [0.1, 0.15) is 29.9 Å². The van der Waals surface area contributed by atoms with E-state index in [0.717, 1.165) is 11.1 Å². The number of fused-ring (bicyclic) bond motifs is 3. The van der Waals surface area contributed by atoms with Gasteiger partial charge in [-0.2, -0.15) is 0 Å². The Labute approximate surface area is 192 Å². The third kappa shape index (κ3) is 4.23. The molecule has 1 heterocycles. The highest BCUT2D eigenvalue weighted by molar-refractivity contribution is 5.83. The molecule has 7 nitrogen and oxygen atoms in total. The molecule has 1 fully saturated rings. The van der Waals surface area contributed by atoms with Crippen LogP contribution in [0.25, 0.3) is 11.1 Å². The number of likely N-dealkylation sites (tertiary alicyclic amines) is 1. The predicted molar refractivity (Wildman–Crippen MR) is 122 cm³/mol. The second-order valence-electron chi connectivity index (χ2n) is 9.01. The molecule has 2 amide bonds. The number of carboxylic acid groups (broad SMARTS) is 1. The number of aliphatic carboxylic acids is 1. The number of amides is 2. The van der Waals surface area contributed by atoms with Gasteiger partial charge in [-0.3, -0.25) is 9.59 Å². The normalized spacial score (nSPS) is 21.3. The molecule has 0 spiro atoms. The van der Waals surface area contributed by atoms with E-state index < -0.39 is 12.1 Å². The average Bonchev–Trinajstić information content (AvgIpc) is 3.37. The Hall–Kier alpha value is -3.61. The number of carbonyl (C=O) groups is 3. The van der Waals surface area contributed by atoms with E-state index in [2.05, 4.69) is 29.6 Å². The highest BCUT2D eigenvalue weighted by Crippen LogP contribution is 2.44. The first-order valence-corrected chi connectivity index (χ1v) is 11.3. The first-order chi connectivity index (χ1) is 16.0. The average molecular weight is 447 g/mol. The van der Waals surface area contributed by atoms with E-state index >= 15 is 0 Å². The van der Waals surface area contributed by atoms with Gasteiger partial charge in [0.2, 0.25) is 5.91 Å². The third-order valence-corrected chi connectivity index (χ3v) is 6.78. The number of hydrogen-bond donors (Lipinski definition) is 2. The minimum absolute atomic E-state index is 0.00163. The van der Waals surface area contributed by atoms with Gasteiger partial charge in [0.1, 0.15) is 6.61 Å². The molecule has 33 heavy (non-hydrogen) atoms. The SMILES string of the molecule is O=C(O)CC1CN(C(=O)C2C=CC(NC(=O)OCC3c4ccccc4-c4ccccc43)C2)C1. The number of nitrogens with one attached hydrogen (secondary N) is 1. The van der Waals surface area contributed by atoms with E-state index in [0.29, 0.717) is 19.5 Å². The van der Waals surface area contributed by atoms with E-state index in [4.69, 9.17) is 9.84 Å². The van der Waals surface area contributed by atoms with Gasteiger partial charge in [-0.15, -0.1) is 0 Å². The van der Waals surface area contributed by atoms with Crippen molar-refractivity contribution < 1.29 is 24.2 Å². The fourth-order valence-electron chi connectivity index (χ4n) is 5.14. The zero-order valence-electron chi connectivity index (χ0n) is 18.1. The van der Waals surface area contributed by atoms with Crippen LogP contribution in [0, 0.1) is 11.8 Å². The summed E-state index contributed by atoms with van der Waals surface area (Å²) in [6.45, 7) is 1.22. The second-order valence-corrected chi connectivity index (χ2v) is 9.01. The van der Waals surface area contributed by atoms with Crippen LogP contribution in [0.2, 0.25) is 0 Å². The van der Waals surface area contributed by atoms with Crippen LogP contribution >= 0.6 is 0 Å². The van der Waals surface area contributed by atoms with Gasteiger partial charge in [0.15, 0.2) is 0 Å². The van der Waals surface area contributed by atoms with Crippen molar-refractivity contribution in [3.63, 3.8) is 0 Å². The number of rotatable bonds is 6. The number of carboxylic acids is 1. The lowest BCUT2D eigenvalue weighted by Crippen LogP contribution is -2.52. The van der Waals surface area contributed by atoms with Gasteiger partial charge >= 0.3 is 12.1 Å². The van der Waals surface area contributed by atoms with Crippen molar-refractivity contribution in [2.75, 3.05) is 19.7 Å². The standard InChI is InChI=1S/C26H26N2O5/c29-24(30)11-16-13-28(14-16)25(31)17-9-10-18(12-17)27-26(32)33-15-23-21-7-3-1-5-19(21)20-6-2-4-8-22(20)23/h1-10,16-18,23H,11-15H2,(H,27,32)(H,29,30). The third-order valence-electron chi connectivity index (χ3n) is 6.78. The van der Waals surface area contributed by atoms with Crippen LogP contribution in [0.15, 0.2) is 60.7 Å². The Balaban J connectivity index is 1.12. The van der Waals surface area contributed by atoms with Crippen LogP contribution in [0.4, 0.5) is 4.79 Å². The fraction of sp³-hybridized carbons (Fsp3) is 0.346. The molecular formula is C26H26N2O5. The second kappa shape index (κ2) is 8.73. The van der Waals surface area contributed by atoms with E-state index in [1.807, 2.05) is 36.4 Å². The highest BCUT2D eigenvalue weighted by Gasteiger charge is 2.37. The van der Waals surface area contributed by atoms with Crippen LogP contribution in [0.5, 0.6) is 0 Å². The maximum atomic E-state index is 12.6. The molecule has 1 saturated heterocycles. The highest BCUT2D eigenvalue weighted by atomic mass is 16.5. The molecule has 7 heteroatoms. The summed E-state index contributed by atoms with van der Waals surface area (Å²) in [5.41, 5.74) is 4.68. The Morgan fingerprint density at radius 2 is 1.61 bits per heavy atom. The largest absolute Gasteiger partial charge is 0.481 e. The topological polar surface area (TPSA) is 95.9 Å². The van der Waals surface area contributed by atoms with Crippen molar-refractivity contribution in [3.05, 3.63) is 71.8 Å². The van der Waals surface area contributed by atoms with Crippen molar-refractivity contribution in [2.45, 2.75) is 24.8 Å². The summed E-state index contributed by atoms with van der Waals surface area (Å²) in [7, 11) is 0. The smallest absolute Gasteiger partial charge is 0.407 e. The number of benzene rings is 2. The number of nitrogens with zero attached hydrogens (tertiary/aromatic N) is 1. The van der Waals surface area contributed by atoms with E-state index in [9.17, 15) is 14.4 Å². The predicted octanol–water partition coefficient (Wildman–Crippen LogP) is 3.40. The molecule has 5 rings (SSSR count). The lowest BCUT2D eigenvalue weighted by molar-refractivity contribution is -0.146. The molecular weight excluding hydrogens is 420 g/mol. The molecule has 0 bridgehead atoms. The summed E-state index contributed by atoms with van der Waals surface area (Å²) in [4.78, 5) is 37.6. The molecule has 2 aromatic rings. The van der Waals surface area contributed by atoms with Gasteiger partial charge in [-0.05, 0) is 28.7 Å². The first-order valence-electron chi connectivity index (χ1n) is 11.3. The Morgan fingerprint density at radius 3 is 2.24 bits per heavy atom. The monoisotopic (exact) mass is 446 g/mol. The lowest BCUT2D eigenvalue weighted by Gasteiger charge is -2.39. The van der Waals surface area contributed by atoms with Gasteiger partial charge in [0.05, 0.1) is 18.4 Å². The summed E-state index contributed by atoms with van der Waals surface area (Å²) in [5, 5.41) is 11.7. The number of hydrogen-bond acceptors (Lipinski definition) is 4. The molecule has 0 radical (unpaired) electrons. The summed E-state index contributed by atoms with van der Waals surface area (Å²) in [6.07, 6.45) is 3.74. The van der Waals surface area contributed by atoms with E-state index in [-0.39, 0.29) is 42.7 Å². The minimum Gasteiger partial charge on any atom is -0.481 e. The molecule has 1 aliphatic heterocycles. The van der Waals surface area contributed by atoms with Crippen molar-refractivity contribution in [1.82, 2.24) is 10.2 Å². The zero-order chi connectivity index (χ0) is 22.9. The first kappa shape index (κ1) is 21.2.